The summed E-state index contributed by atoms with van der Waals surface area (Å²) < 4.78 is 31.9. The molecule has 2 aromatic rings. The summed E-state index contributed by atoms with van der Waals surface area (Å²) in [6, 6.07) is 7.94. The number of ether oxygens (including phenoxy) is 1. The third-order valence-corrected chi connectivity index (χ3v) is 4.24. The summed E-state index contributed by atoms with van der Waals surface area (Å²) in [6.07, 6.45) is 0. The topological polar surface area (TPSA) is 58.8 Å². The molecule has 1 aliphatic rings. The molecule has 0 radical (unpaired) electrons. The fourth-order valence-electron chi connectivity index (χ4n) is 3.01. The molecule has 0 bridgehead atoms. The number of benzene rings is 2. The van der Waals surface area contributed by atoms with Gasteiger partial charge in [-0.3, -0.25) is 10.1 Å². The standard InChI is InChI=1S/C17H17F2N3O3/c1-25-17-11-13(19)3-5-15(17)21-8-6-20(7-9-21)14-4-2-12(18)10-16(14)22(23)24/h2-5,10-11H,6-9H2,1H3. The second-order valence-corrected chi connectivity index (χ2v) is 5.68. The zero-order valence-electron chi connectivity index (χ0n) is 13.6. The summed E-state index contributed by atoms with van der Waals surface area (Å²) in [5.41, 5.74) is 0.932. The van der Waals surface area contributed by atoms with Gasteiger partial charge >= 0.3 is 0 Å². The van der Waals surface area contributed by atoms with E-state index in [4.69, 9.17) is 4.74 Å². The lowest BCUT2D eigenvalue weighted by atomic mass is 10.2. The first kappa shape index (κ1) is 16.9. The van der Waals surface area contributed by atoms with Gasteiger partial charge in [0.1, 0.15) is 23.1 Å². The van der Waals surface area contributed by atoms with Gasteiger partial charge in [-0.25, -0.2) is 8.78 Å². The molecule has 1 aliphatic heterocycles. The van der Waals surface area contributed by atoms with E-state index in [-0.39, 0.29) is 11.5 Å². The van der Waals surface area contributed by atoms with E-state index < -0.39 is 10.7 Å². The molecular weight excluding hydrogens is 332 g/mol. The van der Waals surface area contributed by atoms with Crippen LogP contribution in [0.5, 0.6) is 5.75 Å². The molecule has 0 saturated carbocycles. The monoisotopic (exact) mass is 349 g/mol. The maximum atomic E-state index is 13.3. The molecule has 25 heavy (non-hydrogen) atoms. The normalized spacial score (nSPS) is 14.5. The molecule has 2 aromatic carbocycles. The maximum Gasteiger partial charge on any atom is 0.295 e. The average molecular weight is 349 g/mol. The summed E-state index contributed by atoms with van der Waals surface area (Å²) in [7, 11) is 1.48. The van der Waals surface area contributed by atoms with Crippen LogP contribution >= 0.6 is 0 Å². The molecule has 0 N–H and O–H groups in total. The lowest BCUT2D eigenvalue weighted by Crippen LogP contribution is -2.46. The number of piperazine rings is 1. The minimum absolute atomic E-state index is 0.243. The van der Waals surface area contributed by atoms with Gasteiger partial charge in [0.2, 0.25) is 0 Å². The number of rotatable bonds is 4. The fraction of sp³-hybridized carbons (Fsp3) is 0.294. The number of halogens is 2. The molecule has 0 atom stereocenters. The Hall–Kier alpha value is -2.90. The highest BCUT2D eigenvalue weighted by Crippen LogP contribution is 2.33. The third kappa shape index (κ3) is 3.47. The molecule has 0 aromatic heterocycles. The summed E-state index contributed by atoms with van der Waals surface area (Å²) in [5.74, 6) is -0.562. The van der Waals surface area contributed by atoms with E-state index in [1.54, 1.807) is 6.07 Å². The predicted molar refractivity (Wildman–Crippen MR) is 90.4 cm³/mol. The van der Waals surface area contributed by atoms with Crippen molar-refractivity contribution < 1.29 is 18.4 Å². The average Bonchev–Trinajstić information content (AvgIpc) is 2.61. The Labute approximate surface area is 143 Å². The molecule has 8 heteroatoms. The fourth-order valence-corrected chi connectivity index (χ4v) is 3.01. The quantitative estimate of drug-likeness (QED) is 0.627. The number of anilines is 2. The summed E-state index contributed by atoms with van der Waals surface area (Å²) in [6.45, 7) is 2.20. The lowest BCUT2D eigenvalue weighted by molar-refractivity contribution is -0.384. The van der Waals surface area contributed by atoms with Crippen LogP contribution in [0.4, 0.5) is 25.8 Å². The Bertz CT molecular complexity index is 793. The first-order valence-electron chi connectivity index (χ1n) is 7.77. The molecule has 3 rings (SSSR count). The summed E-state index contributed by atoms with van der Waals surface area (Å²) >= 11 is 0. The van der Waals surface area contributed by atoms with Crippen molar-refractivity contribution in [1.29, 1.82) is 0 Å². The zero-order chi connectivity index (χ0) is 18.0. The Kier molecular flexibility index (Phi) is 4.69. The van der Waals surface area contributed by atoms with E-state index in [1.807, 2.05) is 9.80 Å². The minimum atomic E-state index is -0.634. The SMILES string of the molecule is COc1cc(F)ccc1N1CCN(c2ccc(F)cc2[N+](=O)[O-])CC1. The van der Waals surface area contributed by atoms with Crippen LogP contribution < -0.4 is 14.5 Å². The molecule has 1 saturated heterocycles. The van der Waals surface area contributed by atoms with Gasteiger partial charge in [-0.2, -0.15) is 0 Å². The van der Waals surface area contributed by atoms with Crippen LogP contribution in [-0.4, -0.2) is 38.2 Å². The maximum absolute atomic E-state index is 13.3. The van der Waals surface area contributed by atoms with E-state index in [0.29, 0.717) is 37.6 Å². The van der Waals surface area contributed by atoms with E-state index >= 15 is 0 Å². The number of hydrogen-bond acceptors (Lipinski definition) is 5. The molecule has 0 unspecified atom stereocenters. The van der Waals surface area contributed by atoms with Gasteiger partial charge in [0, 0.05) is 32.2 Å². The van der Waals surface area contributed by atoms with Gasteiger partial charge in [0.05, 0.1) is 23.8 Å². The van der Waals surface area contributed by atoms with Gasteiger partial charge in [-0.05, 0) is 24.3 Å². The van der Waals surface area contributed by atoms with E-state index in [2.05, 4.69) is 0 Å². The van der Waals surface area contributed by atoms with Crippen LogP contribution in [0.3, 0.4) is 0 Å². The van der Waals surface area contributed by atoms with Crippen LogP contribution in [0, 0.1) is 21.7 Å². The van der Waals surface area contributed by atoms with E-state index in [0.717, 1.165) is 11.8 Å². The van der Waals surface area contributed by atoms with Crippen molar-refractivity contribution in [3.63, 3.8) is 0 Å². The van der Waals surface area contributed by atoms with E-state index in [1.165, 1.54) is 31.4 Å². The molecule has 132 valence electrons. The second kappa shape index (κ2) is 6.92. The first-order chi connectivity index (χ1) is 12.0. The molecular formula is C17H17F2N3O3. The largest absolute Gasteiger partial charge is 0.494 e. The van der Waals surface area contributed by atoms with Crippen molar-refractivity contribution in [2.24, 2.45) is 0 Å². The molecule has 0 aliphatic carbocycles. The van der Waals surface area contributed by atoms with Crippen LogP contribution in [0.2, 0.25) is 0 Å². The molecule has 0 spiro atoms. The first-order valence-corrected chi connectivity index (χ1v) is 7.77. The Morgan fingerprint density at radius 1 is 0.960 bits per heavy atom. The van der Waals surface area contributed by atoms with Crippen LogP contribution in [0.1, 0.15) is 0 Å². The molecule has 1 heterocycles. The van der Waals surface area contributed by atoms with Crippen molar-refractivity contribution in [2.45, 2.75) is 0 Å². The predicted octanol–water partition coefficient (Wildman–Crippen LogP) is 3.21. The Morgan fingerprint density at radius 2 is 1.48 bits per heavy atom. The molecule has 1 fully saturated rings. The van der Waals surface area contributed by atoms with Gasteiger partial charge in [-0.15, -0.1) is 0 Å². The summed E-state index contributed by atoms with van der Waals surface area (Å²) in [4.78, 5) is 14.5. The Balaban J connectivity index is 1.78. The molecule has 6 nitrogen and oxygen atoms in total. The highest BCUT2D eigenvalue weighted by Gasteiger charge is 2.25. The molecule has 0 amide bonds. The lowest BCUT2D eigenvalue weighted by Gasteiger charge is -2.37. The van der Waals surface area contributed by atoms with Crippen LogP contribution in [0.15, 0.2) is 36.4 Å². The highest BCUT2D eigenvalue weighted by molar-refractivity contribution is 5.65. The zero-order valence-corrected chi connectivity index (χ0v) is 13.6. The number of nitro benzene ring substituents is 1. The third-order valence-electron chi connectivity index (χ3n) is 4.24. The number of hydrogen-bond donors (Lipinski definition) is 0. The Morgan fingerprint density at radius 3 is 2.04 bits per heavy atom. The van der Waals surface area contributed by atoms with Gasteiger partial charge in [0.15, 0.2) is 0 Å². The van der Waals surface area contributed by atoms with Gasteiger partial charge in [0.25, 0.3) is 5.69 Å². The van der Waals surface area contributed by atoms with Crippen molar-refractivity contribution in [1.82, 2.24) is 0 Å². The van der Waals surface area contributed by atoms with Crippen molar-refractivity contribution in [3.8, 4) is 5.75 Å². The van der Waals surface area contributed by atoms with Crippen LogP contribution in [-0.2, 0) is 0 Å². The van der Waals surface area contributed by atoms with Gasteiger partial charge in [-0.1, -0.05) is 0 Å². The number of nitro groups is 1. The van der Waals surface area contributed by atoms with E-state index in [9.17, 15) is 18.9 Å². The minimum Gasteiger partial charge on any atom is -0.494 e. The smallest absolute Gasteiger partial charge is 0.295 e. The second-order valence-electron chi connectivity index (χ2n) is 5.68. The number of methoxy groups -OCH3 is 1. The van der Waals surface area contributed by atoms with Gasteiger partial charge < -0.3 is 14.5 Å². The highest BCUT2D eigenvalue weighted by atomic mass is 19.1. The van der Waals surface area contributed by atoms with Crippen molar-refractivity contribution in [2.75, 3.05) is 43.1 Å². The van der Waals surface area contributed by atoms with Crippen LogP contribution in [0.25, 0.3) is 0 Å². The van der Waals surface area contributed by atoms with Crippen molar-refractivity contribution in [3.05, 3.63) is 58.1 Å². The number of nitrogens with zero attached hydrogens (tertiary/aromatic N) is 3. The summed E-state index contributed by atoms with van der Waals surface area (Å²) in [5, 5.41) is 11.2. The van der Waals surface area contributed by atoms with Crippen molar-refractivity contribution >= 4 is 17.1 Å².